The summed E-state index contributed by atoms with van der Waals surface area (Å²) in [5.74, 6) is 1.02. The molecule has 3 unspecified atom stereocenters. The van der Waals surface area contributed by atoms with Gasteiger partial charge >= 0.3 is 0 Å². The molecule has 1 saturated carbocycles. The van der Waals surface area contributed by atoms with E-state index in [4.69, 9.17) is 0 Å². The van der Waals surface area contributed by atoms with E-state index in [1.54, 1.807) is 0 Å². The smallest absolute Gasteiger partial charge is 0.0243 e. The minimum atomic E-state index is 0.373. The zero-order valence-corrected chi connectivity index (χ0v) is 11.4. The first-order chi connectivity index (χ1) is 7.50. The van der Waals surface area contributed by atoms with Crippen LogP contribution in [0.15, 0.2) is 0 Å². The standard InChI is InChI=1S/C14H28N2/c1-5-15-13(14(2,3)4)10-16-9-11-6-7-12(16)8-11/h11-13,15H,5-10H2,1-4H3. The number of hydrogen-bond acceptors (Lipinski definition) is 2. The molecule has 0 aromatic rings. The Morgan fingerprint density at radius 1 is 1.31 bits per heavy atom. The van der Waals surface area contributed by atoms with E-state index in [0.717, 1.165) is 18.5 Å². The van der Waals surface area contributed by atoms with E-state index in [1.165, 1.54) is 32.4 Å². The highest BCUT2D eigenvalue weighted by Crippen LogP contribution is 2.38. The summed E-state index contributed by atoms with van der Waals surface area (Å²) in [5.41, 5.74) is 0.373. The molecule has 94 valence electrons. The van der Waals surface area contributed by atoms with Crippen LogP contribution >= 0.6 is 0 Å². The maximum absolute atomic E-state index is 3.67. The molecule has 16 heavy (non-hydrogen) atoms. The van der Waals surface area contributed by atoms with Crippen molar-refractivity contribution >= 4 is 0 Å². The number of nitrogens with one attached hydrogen (secondary N) is 1. The first-order valence-corrected chi connectivity index (χ1v) is 6.98. The SMILES string of the molecule is CCNC(CN1CC2CCC1C2)C(C)(C)C. The molecule has 1 saturated heterocycles. The van der Waals surface area contributed by atoms with Crippen molar-refractivity contribution < 1.29 is 0 Å². The zero-order valence-electron chi connectivity index (χ0n) is 11.4. The van der Waals surface area contributed by atoms with E-state index >= 15 is 0 Å². The van der Waals surface area contributed by atoms with E-state index in [1.807, 2.05) is 0 Å². The van der Waals surface area contributed by atoms with Crippen molar-refractivity contribution in [2.45, 2.75) is 59.0 Å². The van der Waals surface area contributed by atoms with E-state index in [0.29, 0.717) is 11.5 Å². The van der Waals surface area contributed by atoms with Gasteiger partial charge in [-0.2, -0.15) is 0 Å². The lowest BCUT2D eigenvalue weighted by Crippen LogP contribution is -2.50. The molecule has 2 heteroatoms. The predicted molar refractivity (Wildman–Crippen MR) is 69.6 cm³/mol. The summed E-state index contributed by atoms with van der Waals surface area (Å²) in [6.45, 7) is 13.0. The van der Waals surface area contributed by atoms with Gasteiger partial charge in [0.15, 0.2) is 0 Å². The lowest BCUT2D eigenvalue weighted by Gasteiger charge is -2.37. The van der Waals surface area contributed by atoms with Crippen molar-refractivity contribution in [1.29, 1.82) is 0 Å². The van der Waals surface area contributed by atoms with Gasteiger partial charge in [0.05, 0.1) is 0 Å². The molecule has 0 aromatic carbocycles. The Balaban J connectivity index is 1.91. The summed E-state index contributed by atoms with van der Waals surface area (Å²) >= 11 is 0. The second kappa shape index (κ2) is 4.66. The van der Waals surface area contributed by atoms with Gasteiger partial charge in [-0.1, -0.05) is 27.7 Å². The molecular weight excluding hydrogens is 196 g/mol. The van der Waals surface area contributed by atoms with Crippen LogP contribution in [0.25, 0.3) is 0 Å². The predicted octanol–water partition coefficient (Wildman–Crippen LogP) is 2.49. The molecule has 1 aliphatic carbocycles. The van der Waals surface area contributed by atoms with Crippen molar-refractivity contribution in [2.24, 2.45) is 11.3 Å². The Labute approximate surface area is 101 Å². The van der Waals surface area contributed by atoms with E-state index in [-0.39, 0.29) is 0 Å². The van der Waals surface area contributed by atoms with Gasteiger partial charge in [0, 0.05) is 25.2 Å². The number of hydrogen-bond donors (Lipinski definition) is 1. The van der Waals surface area contributed by atoms with Crippen LogP contribution in [0.4, 0.5) is 0 Å². The Morgan fingerprint density at radius 2 is 2.06 bits per heavy atom. The van der Waals surface area contributed by atoms with Crippen molar-refractivity contribution in [3.63, 3.8) is 0 Å². The molecule has 2 rings (SSSR count). The second-order valence-corrected chi connectivity index (χ2v) is 6.76. The molecule has 2 fully saturated rings. The van der Waals surface area contributed by atoms with Crippen LogP contribution in [0.1, 0.15) is 47.0 Å². The number of likely N-dealkylation sites (N-methyl/N-ethyl adjacent to an activating group) is 1. The van der Waals surface area contributed by atoms with Crippen molar-refractivity contribution in [3.05, 3.63) is 0 Å². The number of rotatable bonds is 4. The highest BCUT2D eigenvalue weighted by atomic mass is 15.2. The van der Waals surface area contributed by atoms with Gasteiger partial charge < -0.3 is 5.32 Å². The maximum Gasteiger partial charge on any atom is 0.0243 e. The molecule has 0 radical (unpaired) electrons. The Morgan fingerprint density at radius 3 is 2.50 bits per heavy atom. The van der Waals surface area contributed by atoms with E-state index < -0.39 is 0 Å². The molecule has 3 atom stereocenters. The van der Waals surface area contributed by atoms with E-state index in [9.17, 15) is 0 Å². The molecule has 2 nitrogen and oxygen atoms in total. The largest absolute Gasteiger partial charge is 0.312 e. The lowest BCUT2D eigenvalue weighted by atomic mass is 9.86. The highest BCUT2D eigenvalue weighted by Gasteiger charge is 2.39. The lowest BCUT2D eigenvalue weighted by molar-refractivity contribution is 0.145. The number of fused-ring (bicyclic) bond motifs is 2. The van der Waals surface area contributed by atoms with Gasteiger partial charge in [0.2, 0.25) is 0 Å². The van der Waals surface area contributed by atoms with Crippen LogP contribution in [-0.2, 0) is 0 Å². The van der Waals surface area contributed by atoms with Gasteiger partial charge in [-0.15, -0.1) is 0 Å². The van der Waals surface area contributed by atoms with Gasteiger partial charge in [-0.3, -0.25) is 4.90 Å². The fraction of sp³-hybridized carbons (Fsp3) is 1.00. The molecule has 0 aromatic heterocycles. The Bertz CT molecular complexity index is 231. The summed E-state index contributed by atoms with van der Waals surface area (Å²) in [5, 5.41) is 3.67. The molecule has 1 heterocycles. The molecule has 0 spiro atoms. The molecule has 1 aliphatic heterocycles. The zero-order chi connectivity index (χ0) is 11.8. The average molecular weight is 224 g/mol. The van der Waals surface area contributed by atoms with Crippen molar-refractivity contribution in [1.82, 2.24) is 10.2 Å². The summed E-state index contributed by atoms with van der Waals surface area (Å²) in [6, 6.07) is 1.55. The number of piperidine rings is 1. The van der Waals surface area contributed by atoms with Crippen LogP contribution < -0.4 is 5.32 Å². The van der Waals surface area contributed by atoms with Crippen LogP contribution in [0.2, 0.25) is 0 Å². The van der Waals surface area contributed by atoms with Gasteiger partial charge in [-0.25, -0.2) is 0 Å². The second-order valence-electron chi connectivity index (χ2n) is 6.76. The summed E-state index contributed by atoms with van der Waals surface area (Å²) < 4.78 is 0. The molecule has 0 amide bonds. The van der Waals surface area contributed by atoms with Crippen LogP contribution in [0.3, 0.4) is 0 Å². The summed E-state index contributed by atoms with van der Waals surface area (Å²) in [6.07, 6.45) is 4.42. The first-order valence-electron chi connectivity index (χ1n) is 6.98. The molecule has 2 bridgehead atoms. The summed E-state index contributed by atoms with van der Waals surface area (Å²) in [4.78, 5) is 2.74. The maximum atomic E-state index is 3.67. The van der Waals surface area contributed by atoms with Crippen LogP contribution in [0, 0.1) is 11.3 Å². The van der Waals surface area contributed by atoms with Crippen molar-refractivity contribution in [2.75, 3.05) is 19.6 Å². The number of likely N-dealkylation sites (tertiary alicyclic amines) is 1. The molecule has 2 aliphatic rings. The normalized spacial score (nSPS) is 32.2. The highest BCUT2D eigenvalue weighted by molar-refractivity contribution is 4.95. The summed E-state index contributed by atoms with van der Waals surface area (Å²) in [7, 11) is 0. The van der Waals surface area contributed by atoms with Gasteiger partial charge in [0.1, 0.15) is 0 Å². The topological polar surface area (TPSA) is 15.3 Å². The van der Waals surface area contributed by atoms with Gasteiger partial charge in [0.25, 0.3) is 0 Å². The third-order valence-electron chi connectivity index (χ3n) is 4.44. The third kappa shape index (κ3) is 2.60. The van der Waals surface area contributed by atoms with E-state index in [2.05, 4.69) is 37.9 Å². The van der Waals surface area contributed by atoms with Crippen LogP contribution in [-0.4, -0.2) is 36.6 Å². The Kier molecular flexibility index (Phi) is 3.60. The third-order valence-corrected chi connectivity index (χ3v) is 4.44. The first kappa shape index (κ1) is 12.4. The molecule has 1 N–H and O–H groups in total. The van der Waals surface area contributed by atoms with Gasteiger partial charge in [-0.05, 0) is 37.1 Å². The fourth-order valence-corrected chi connectivity index (χ4v) is 3.38. The minimum Gasteiger partial charge on any atom is -0.312 e. The Hall–Kier alpha value is -0.0800. The van der Waals surface area contributed by atoms with Crippen molar-refractivity contribution in [3.8, 4) is 0 Å². The van der Waals surface area contributed by atoms with Crippen LogP contribution in [0.5, 0.6) is 0 Å². The number of nitrogens with zero attached hydrogens (tertiary/aromatic N) is 1. The monoisotopic (exact) mass is 224 g/mol. The average Bonchev–Trinajstić information content (AvgIpc) is 2.76. The fourth-order valence-electron chi connectivity index (χ4n) is 3.38. The minimum absolute atomic E-state index is 0.373. The molecular formula is C14H28N2. The quantitative estimate of drug-likeness (QED) is 0.789.